The highest BCUT2D eigenvalue weighted by molar-refractivity contribution is 9.11. The van der Waals surface area contributed by atoms with Crippen LogP contribution in [-0.2, 0) is 20.8 Å². The zero-order valence-electron chi connectivity index (χ0n) is 10.3. The van der Waals surface area contributed by atoms with E-state index in [9.17, 15) is 12.6 Å². The summed E-state index contributed by atoms with van der Waals surface area (Å²) in [5.74, 6) is 0.253. The molecule has 108 valence electrons. The van der Waals surface area contributed by atoms with Crippen molar-refractivity contribution in [3.63, 3.8) is 0 Å². The van der Waals surface area contributed by atoms with Gasteiger partial charge in [-0.1, -0.05) is 0 Å². The first kappa shape index (κ1) is 17.1. The molecule has 2 atom stereocenters. The number of hydrogen-bond acceptors (Lipinski definition) is 4. The van der Waals surface area contributed by atoms with Crippen LogP contribution in [0.1, 0.15) is 6.92 Å². The fourth-order valence-corrected chi connectivity index (χ4v) is 6.30. The monoisotopic (exact) mass is 432 g/mol. The molecule has 0 radical (unpaired) electrons. The summed E-state index contributed by atoms with van der Waals surface area (Å²) in [5.41, 5.74) is 6.07. The van der Waals surface area contributed by atoms with Gasteiger partial charge in [-0.3, -0.25) is 4.21 Å². The highest BCUT2D eigenvalue weighted by atomic mass is 79.9. The third-order valence-corrected chi connectivity index (χ3v) is 6.57. The van der Waals surface area contributed by atoms with Crippen molar-refractivity contribution in [3.05, 3.63) is 21.1 Å². The fourth-order valence-electron chi connectivity index (χ4n) is 1.55. The Morgan fingerprint density at radius 2 is 1.84 bits per heavy atom. The van der Waals surface area contributed by atoms with Gasteiger partial charge in [0.1, 0.15) is 4.90 Å². The Labute approximate surface area is 132 Å². The second kappa shape index (κ2) is 6.66. The van der Waals surface area contributed by atoms with Crippen LogP contribution in [0.3, 0.4) is 0 Å². The summed E-state index contributed by atoms with van der Waals surface area (Å²) in [6.07, 6.45) is 1.53. The summed E-state index contributed by atoms with van der Waals surface area (Å²) in [6.45, 7) is 1.66. The smallest absolute Gasteiger partial charge is 0.243 e. The maximum absolute atomic E-state index is 12.3. The van der Waals surface area contributed by atoms with Gasteiger partial charge < -0.3 is 5.73 Å². The largest absolute Gasteiger partial charge is 0.399 e. The van der Waals surface area contributed by atoms with E-state index in [2.05, 4.69) is 36.6 Å². The van der Waals surface area contributed by atoms with Crippen molar-refractivity contribution in [3.8, 4) is 0 Å². The normalized spacial score (nSPS) is 15.2. The SMILES string of the molecule is CC(CS(C)=O)NS(=O)(=O)c1c(Br)cc(N)cc1Br. The minimum absolute atomic E-state index is 0.0791. The molecule has 0 fully saturated rings. The second-order valence-corrected chi connectivity index (χ2v) is 8.92. The minimum Gasteiger partial charge on any atom is -0.399 e. The zero-order chi connectivity index (χ0) is 14.8. The van der Waals surface area contributed by atoms with Crippen molar-refractivity contribution >= 4 is 58.4 Å². The van der Waals surface area contributed by atoms with Gasteiger partial charge in [-0.25, -0.2) is 13.1 Å². The lowest BCUT2D eigenvalue weighted by molar-refractivity contribution is 0.569. The Hall–Kier alpha value is 0.0400. The van der Waals surface area contributed by atoms with Crippen LogP contribution in [0.2, 0.25) is 0 Å². The van der Waals surface area contributed by atoms with E-state index >= 15 is 0 Å². The lowest BCUT2D eigenvalue weighted by Gasteiger charge is -2.15. The average Bonchev–Trinajstić information content (AvgIpc) is 2.10. The van der Waals surface area contributed by atoms with E-state index in [-0.39, 0.29) is 10.6 Å². The van der Waals surface area contributed by atoms with E-state index in [1.807, 2.05) is 0 Å². The van der Waals surface area contributed by atoms with Crippen molar-refractivity contribution in [1.29, 1.82) is 0 Å². The molecule has 3 N–H and O–H groups in total. The van der Waals surface area contributed by atoms with E-state index in [1.54, 1.807) is 6.92 Å². The van der Waals surface area contributed by atoms with Crippen LogP contribution in [0.25, 0.3) is 0 Å². The Balaban J connectivity index is 3.11. The van der Waals surface area contributed by atoms with E-state index < -0.39 is 26.9 Å². The van der Waals surface area contributed by atoms with Gasteiger partial charge in [0.2, 0.25) is 10.0 Å². The third-order valence-electron chi connectivity index (χ3n) is 2.13. The molecule has 0 bridgehead atoms. The highest BCUT2D eigenvalue weighted by Gasteiger charge is 2.23. The van der Waals surface area contributed by atoms with E-state index in [4.69, 9.17) is 5.73 Å². The number of nitrogens with one attached hydrogen (secondary N) is 1. The van der Waals surface area contributed by atoms with Gasteiger partial charge >= 0.3 is 0 Å². The van der Waals surface area contributed by atoms with Crippen LogP contribution in [0.5, 0.6) is 0 Å². The Morgan fingerprint density at radius 3 is 2.26 bits per heavy atom. The van der Waals surface area contributed by atoms with Crippen molar-refractivity contribution in [1.82, 2.24) is 4.72 Å². The number of anilines is 1. The van der Waals surface area contributed by atoms with Crippen molar-refractivity contribution in [2.45, 2.75) is 17.9 Å². The van der Waals surface area contributed by atoms with Crippen molar-refractivity contribution < 1.29 is 12.6 Å². The second-order valence-electron chi connectivity index (χ2n) is 4.08. The van der Waals surface area contributed by atoms with Crippen LogP contribution < -0.4 is 10.5 Å². The molecule has 0 heterocycles. The van der Waals surface area contributed by atoms with E-state index in [1.165, 1.54) is 18.4 Å². The number of halogens is 2. The Bertz CT molecular complexity index is 582. The first-order chi connectivity index (χ1) is 8.63. The summed E-state index contributed by atoms with van der Waals surface area (Å²) < 4.78 is 38.9. The van der Waals surface area contributed by atoms with E-state index in [0.717, 1.165) is 0 Å². The molecule has 1 aromatic rings. The van der Waals surface area contributed by atoms with Gasteiger partial charge in [0.05, 0.1) is 0 Å². The van der Waals surface area contributed by atoms with Gasteiger partial charge in [-0.15, -0.1) is 0 Å². The fraction of sp³-hybridized carbons (Fsp3) is 0.400. The molecular weight excluding hydrogens is 420 g/mol. The minimum atomic E-state index is -3.72. The lowest BCUT2D eigenvalue weighted by Crippen LogP contribution is -2.36. The topological polar surface area (TPSA) is 89.3 Å². The molecule has 0 aromatic heterocycles. The van der Waals surface area contributed by atoms with Crippen LogP contribution in [0.15, 0.2) is 26.0 Å². The number of nitrogens with two attached hydrogens (primary N) is 1. The number of benzene rings is 1. The Morgan fingerprint density at radius 1 is 1.37 bits per heavy atom. The zero-order valence-corrected chi connectivity index (χ0v) is 15.1. The van der Waals surface area contributed by atoms with Gasteiger partial charge in [0, 0.05) is 43.5 Å². The summed E-state index contributed by atoms with van der Waals surface area (Å²) in [4.78, 5) is 0.0791. The molecule has 19 heavy (non-hydrogen) atoms. The molecule has 1 aromatic carbocycles. The highest BCUT2D eigenvalue weighted by Crippen LogP contribution is 2.32. The summed E-state index contributed by atoms with van der Waals surface area (Å²) in [5, 5.41) is 0. The average molecular weight is 434 g/mol. The molecule has 5 nitrogen and oxygen atoms in total. The molecule has 0 spiro atoms. The summed E-state index contributed by atoms with van der Waals surface area (Å²) in [6, 6.07) is 2.61. The molecule has 2 unspecified atom stereocenters. The first-order valence-corrected chi connectivity index (χ1v) is 10.00. The van der Waals surface area contributed by atoms with Crippen molar-refractivity contribution in [2.75, 3.05) is 17.7 Å². The maximum Gasteiger partial charge on any atom is 0.243 e. The molecule has 0 aliphatic rings. The van der Waals surface area contributed by atoms with Gasteiger partial charge in [-0.05, 0) is 50.9 Å². The molecule has 0 aliphatic heterocycles. The van der Waals surface area contributed by atoms with Gasteiger partial charge in [-0.2, -0.15) is 0 Å². The van der Waals surface area contributed by atoms with Crippen LogP contribution in [-0.4, -0.2) is 30.7 Å². The Kier molecular flexibility index (Phi) is 5.99. The third kappa shape index (κ3) is 4.82. The molecule has 0 saturated heterocycles. The molecule has 9 heteroatoms. The lowest BCUT2D eigenvalue weighted by atomic mass is 10.3. The predicted molar refractivity (Wildman–Crippen MR) is 85.0 cm³/mol. The molecular formula is C10H14Br2N2O3S2. The van der Waals surface area contributed by atoms with Crippen LogP contribution >= 0.6 is 31.9 Å². The number of rotatable bonds is 5. The number of sulfonamides is 1. The predicted octanol–water partition coefficient (Wildman–Crippen LogP) is 1.84. The van der Waals surface area contributed by atoms with Gasteiger partial charge in [0.25, 0.3) is 0 Å². The molecule has 0 amide bonds. The summed E-state index contributed by atoms with van der Waals surface area (Å²) in [7, 11) is -4.79. The van der Waals surface area contributed by atoms with Crippen molar-refractivity contribution in [2.24, 2.45) is 0 Å². The quantitative estimate of drug-likeness (QED) is 0.693. The molecule has 1 rings (SSSR count). The maximum atomic E-state index is 12.3. The van der Waals surface area contributed by atoms with Gasteiger partial charge in [0.15, 0.2) is 0 Å². The first-order valence-electron chi connectivity index (χ1n) is 5.20. The number of hydrogen-bond donors (Lipinski definition) is 2. The number of nitrogen functional groups attached to an aromatic ring is 1. The molecule has 0 aliphatic carbocycles. The summed E-state index contributed by atoms with van der Waals surface area (Å²) >= 11 is 6.37. The van der Waals surface area contributed by atoms with Crippen LogP contribution in [0, 0.1) is 0 Å². The van der Waals surface area contributed by atoms with E-state index in [0.29, 0.717) is 14.6 Å². The standard InChI is InChI=1S/C10H14Br2N2O3S2/c1-6(5-18(2)15)14-19(16,17)10-8(11)3-7(13)4-9(10)12/h3-4,6,14H,5,13H2,1-2H3. The molecule has 0 saturated carbocycles. The van der Waals surface area contributed by atoms with Crippen LogP contribution in [0.4, 0.5) is 5.69 Å².